The Kier molecular flexibility index (Phi) is 6.40. The summed E-state index contributed by atoms with van der Waals surface area (Å²) in [6.45, 7) is 3.92. The van der Waals surface area contributed by atoms with Crippen molar-refractivity contribution < 1.29 is 9.90 Å². The van der Waals surface area contributed by atoms with Crippen LogP contribution in [-0.2, 0) is 4.79 Å². The number of fused-ring (bicyclic) bond motifs is 1. The summed E-state index contributed by atoms with van der Waals surface area (Å²) in [6.07, 6.45) is 3.25. The third-order valence-corrected chi connectivity index (χ3v) is 6.51. The molecular weight excluding hydrogens is 444 g/mol. The molecule has 1 aromatic carbocycles. The summed E-state index contributed by atoms with van der Waals surface area (Å²) in [6, 6.07) is 13.0. The van der Waals surface area contributed by atoms with E-state index < -0.39 is 0 Å². The fourth-order valence-corrected chi connectivity index (χ4v) is 4.92. The number of aliphatic hydroxyl groups is 1. The second-order valence-electron chi connectivity index (χ2n) is 7.40. The van der Waals surface area contributed by atoms with Crippen LogP contribution in [0.2, 0.25) is 0 Å². The van der Waals surface area contributed by atoms with Gasteiger partial charge in [-0.3, -0.25) is 18.9 Å². The first-order valence-corrected chi connectivity index (χ1v) is 11.3. The van der Waals surface area contributed by atoms with Gasteiger partial charge in [0.2, 0.25) is 0 Å². The monoisotopic (exact) mass is 466 g/mol. The minimum absolute atomic E-state index is 0.120. The first-order valence-electron chi connectivity index (χ1n) is 10.1. The van der Waals surface area contributed by atoms with Gasteiger partial charge in [0.15, 0.2) is 0 Å². The van der Waals surface area contributed by atoms with E-state index in [0.29, 0.717) is 20.7 Å². The van der Waals surface area contributed by atoms with Crippen molar-refractivity contribution in [3.63, 3.8) is 0 Å². The number of hydrogen-bond acceptors (Lipinski definition) is 7. The van der Waals surface area contributed by atoms with Gasteiger partial charge in [-0.2, -0.15) is 0 Å². The van der Waals surface area contributed by atoms with Crippen LogP contribution >= 0.6 is 24.0 Å². The molecular formula is C23H22N4O3S2. The van der Waals surface area contributed by atoms with Gasteiger partial charge in [-0.25, -0.2) is 4.98 Å². The van der Waals surface area contributed by atoms with Crippen molar-refractivity contribution in [2.75, 3.05) is 18.5 Å². The number of aliphatic hydroxyl groups excluding tert-OH is 1. The number of aromatic nitrogens is 2. The fraction of sp³-hybridized carbons (Fsp3) is 0.217. The molecule has 3 aromatic rings. The minimum Gasteiger partial charge on any atom is -0.395 e. The summed E-state index contributed by atoms with van der Waals surface area (Å²) in [5.74, 6) is 0.0625. The van der Waals surface area contributed by atoms with E-state index in [0.717, 1.165) is 11.1 Å². The number of rotatable bonds is 6. The lowest BCUT2D eigenvalue weighted by molar-refractivity contribution is -0.123. The van der Waals surface area contributed by atoms with Crippen molar-refractivity contribution in [3.8, 4) is 0 Å². The zero-order valence-electron chi connectivity index (χ0n) is 17.6. The Morgan fingerprint density at radius 1 is 1.22 bits per heavy atom. The van der Waals surface area contributed by atoms with E-state index in [9.17, 15) is 14.7 Å². The first kappa shape index (κ1) is 22.2. The quantitative estimate of drug-likeness (QED) is 0.425. The molecule has 2 N–H and O–H groups in total. The fourth-order valence-electron chi connectivity index (χ4n) is 3.52. The number of anilines is 1. The molecule has 0 saturated carbocycles. The molecule has 4 rings (SSSR count). The Hall–Kier alpha value is -3.01. The molecule has 1 aliphatic heterocycles. The zero-order valence-corrected chi connectivity index (χ0v) is 19.2. The third kappa shape index (κ3) is 4.19. The number of benzene rings is 1. The molecule has 0 spiro atoms. The predicted molar refractivity (Wildman–Crippen MR) is 132 cm³/mol. The maximum atomic E-state index is 13.3. The van der Waals surface area contributed by atoms with E-state index in [1.165, 1.54) is 16.2 Å². The van der Waals surface area contributed by atoms with Crippen molar-refractivity contribution in [2.45, 2.75) is 19.9 Å². The van der Waals surface area contributed by atoms with Gasteiger partial charge in [-0.1, -0.05) is 60.4 Å². The van der Waals surface area contributed by atoms with Crippen LogP contribution in [-0.4, -0.2) is 42.8 Å². The highest BCUT2D eigenvalue weighted by Crippen LogP contribution is 2.38. The van der Waals surface area contributed by atoms with E-state index in [2.05, 4.69) is 10.3 Å². The number of amides is 1. The Bertz CT molecular complexity index is 1290. The summed E-state index contributed by atoms with van der Waals surface area (Å²) < 4.78 is 1.89. The summed E-state index contributed by atoms with van der Waals surface area (Å²) >= 11 is 6.66. The lowest BCUT2D eigenvalue weighted by Gasteiger charge is -2.23. The average Bonchev–Trinajstić information content (AvgIpc) is 3.07. The van der Waals surface area contributed by atoms with Crippen molar-refractivity contribution >= 4 is 51.7 Å². The molecule has 1 saturated heterocycles. The molecule has 0 bridgehead atoms. The standard InChI is InChI=1S/C23H22N4O3S2/c1-14-8-9-19-25-20(24-10-11-28)17(21(29)26(19)13-14)12-18-22(30)27(23(31)32-18)15(2)16-6-4-3-5-7-16/h3-9,12-13,15,24,28H,10-11H2,1-2H3/b18-12+. The number of nitrogens with zero attached hydrogens (tertiary/aromatic N) is 3. The molecule has 7 nitrogen and oxygen atoms in total. The summed E-state index contributed by atoms with van der Waals surface area (Å²) in [5, 5.41) is 12.2. The van der Waals surface area contributed by atoms with Crippen molar-refractivity contribution in [1.82, 2.24) is 14.3 Å². The molecule has 0 aliphatic carbocycles. The smallest absolute Gasteiger partial charge is 0.267 e. The molecule has 1 atom stereocenters. The van der Waals surface area contributed by atoms with E-state index >= 15 is 0 Å². The van der Waals surface area contributed by atoms with E-state index in [4.69, 9.17) is 12.2 Å². The molecule has 32 heavy (non-hydrogen) atoms. The van der Waals surface area contributed by atoms with Gasteiger partial charge >= 0.3 is 0 Å². The number of aryl methyl sites for hydroxylation is 1. The number of hydrogen-bond donors (Lipinski definition) is 2. The average molecular weight is 467 g/mol. The summed E-state index contributed by atoms with van der Waals surface area (Å²) in [7, 11) is 0. The second kappa shape index (κ2) is 9.23. The first-order chi connectivity index (χ1) is 15.4. The maximum absolute atomic E-state index is 13.3. The van der Waals surface area contributed by atoms with Crippen LogP contribution in [0.5, 0.6) is 0 Å². The molecule has 1 unspecified atom stereocenters. The summed E-state index contributed by atoms with van der Waals surface area (Å²) in [5.41, 5.74) is 2.29. The van der Waals surface area contributed by atoms with Crippen LogP contribution in [0.25, 0.3) is 11.7 Å². The number of thiocarbonyl (C=S) groups is 1. The largest absolute Gasteiger partial charge is 0.395 e. The van der Waals surface area contributed by atoms with Gasteiger partial charge in [0.25, 0.3) is 11.5 Å². The van der Waals surface area contributed by atoms with Crippen molar-refractivity contribution in [2.24, 2.45) is 0 Å². The highest BCUT2D eigenvalue weighted by Gasteiger charge is 2.36. The Labute approximate surface area is 194 Å². The number of thioether (sulfide) groups is 1. The molecule has 3 heterocycles. The Morgan fingerprint density at radius 3 is 2.69 bits per heavy atom. The number of pyridine rings is 1. The molecule has 0 radical (unpaired) electrons. The number of carbonyl (C=O) groups excluding carboxylic acids is 1. The molecule has 1 fully saturated rings. The van der Waals surface area contributed by atoms with Gasteiger partial charge < -0.3 is 10.4 Å². The van der Waals surface area contributed by atoms with Crippen LogP contribution < -0.4 is 10.9 Å². The van der Waals surface area contributed by atoms with Gasteiger partial charge in [0, 0.05) is 12.7 Å². The van der Waals surface area contributed by atoms with E-state index in [1.54, 1.807) is 23.2 Å². The van der Waals surface area contributed by atoms with Gasteiger partial charge in [-0.15, -0.1) is 0 Å². The SMILES string of the molecule is Cc1ccc2nc(NCCO)c(/C=C3/SC(=S)N(C(C)c4ccccc4)C3=O)c(=O)n2c1. The zero-order chi connectivity index (χ0) is 22.8. The number of carbonyl (C=O) groups is 1. The van der Waals surface area contributed by atoms with Crippen molar-refractivity contribution in [1.29, 1.82) is 0 Å². The van der Waals surface area contributed by atoms with Crippen LogP contribution in [0.1, 0.15) is 29.7 Å². The summed E-state index contributed by atoms with van der Waals surface area (Å²) in [4.78, 5) is 33.0. The number of nitrogens with one attached hydrogen (secondary N) is 1. The normalized spacial score (nSPS) is 16.2. The van der Waals surface area contributed by atoms with Gasteiger partial charge in [0.1, 0.15) is 15.8 Å². The minimum atomic E-state index is -0.305. The topological polar surface area (TPSA) is 86.9 Å². The predicted octanol–water partition coefficient (Wildman–Crippen LogP) is 3.37. The molecule has 164 valence electrons. The van der Waals surface area contributed by atoms with Gasteiger partial charge in [-0.05, 0) is 37.1 Å². The van der Waals surface area contributed by atoms with Gasteiger partial charge in [0.05, 0.1) is 23.1 Å². The maximum Gasteiger partial charge on any atom is 0.267 e. The van der Waals surface area contributed by atoms with E-state index in [-0.39, 0.29) is 36.2 Å². The highest BCUT2D eigenvalue weighted by atomic mass is 32.2. The molecule has 1 amide bonds. The second-order valence-corrected chi connectivity index (χ2v) is 9.08. The van der Waals surface area contributed by atoms with Crippen LogP contribution in [0.3, 0.4) is 0 Å². The van der Waals surface area contributed by atoms with Crippen LogP contribution in [0, 0.1) is 6.92 Å². The van der Waals surface area contributed by atoms with Crippen LogP contribution in [0.15, 0.2) is 58.4 Å². The third-order valence-electron chi connectivity index (χ3n) is 5.18. The lowest BCUT2D eigenvalue weighted by Crippen LogP contribution is -2.31. The molecule has 9 heteroatoms. The lowest BCUT2D eigenvalue weighted by atomic mass is 10.1. The van der Waals surface area contributed by atoms with Crippen LogP contribution in [0.4, 0.5) is 5.82 Å². The van der Waals surface area contributed by atoms with E-state index in [1.807, 2.05) is 50.2 Å². The van der Waals surface area contributed by atoms with Crippen molar-refractivity contribution in [3.05, 3.63) is 80.6 Å². The Morgan fingerprint density at radius 2 is 1.97 bits per heavy atom. The Balaban J connectivity index is 1.78. The highest BCUT2D eigenvalue weighted by molar-refractivity contribution is 8.26. The molecule has 1 aliphatic rings. The molecule has 2 aromatic heterocycles.